The first-order valence-corrected chi connectivity index (χ1v) is 9.29. The van der Waals surface area contributed by atoms with E-state index in [4.69, 9.17) is 0 Å². The summed E-state index contributed by atoms with van der Waals surface area (Å²) in [6, 6.07) is 10.5. The minimum Gasteiger partial charge on any atom is -0.332 e. The van der Waals surface area contributed by atoms with Crippen molar-refractivity contribution in [3.8, 4) is 0 Å². The highest BCUT2D eigenvalue weighted by Gasteiger charge is 2.32. The lowest BCUT2D eigenvalue weighted by Crippen LogP contribution is -2.30. The molecule has 1 fully saturated rings. The van der Waals surface area contributed by atoms with Crippen LogP contribution in [-0.4, -0.2) is 17.4 Å². The SMILES string of the molecule is Cc1ccccc1C1CCCN1C(=O)c1cc(Br)sc1Br. The molecule has 21 heavy (non-hydrogen) atoms. The fraction of sp³-hybridized carbons (Fsp3) is 0.312. The van der Waals surface area contributed by atoms with Crippen LogP contribution in [0.15, 0.2) is 37.9 Å². The number of amides is 1. The molecule has 0 bridgehead atoms. The predicted molar refractivity (Wildman–Crippen MR) is 93.9 cm³/mol. The van der Waals surface area contributed by atoms with E-state index in [2.05, 4.69) is 57.0 Å². The van der Waals surface area contributed by atoms with E-state index in [1.54, 1.807) is 11.3 Å². The molecule has 1 saturated heterocycles. The molecular formula is C16H15Br2NOS. The van der Waals surface area contributed by atoms with Gasteiger partial charge < -0.3 is 4.90 Å². The first-order chi connectivity index (χ1) is 10.1. The Balaban J connectivity index is 1.93. The number of benzene rings is 1. The molecule has 2 nitrogen and oxygen atoms in total. The molecule has 1 aliphatic rings. The Morgan fingerprint density at radius 3 is 2.76 bits per heavy atom. The summed E-state index contributed by atoms with van der Waals surface area (Å²) in [5, 5.41) is 0. The molecule has 0 saturated carbocycles. The first-order valence-electron chi connectivity index (χ1n) is 6.89. The van der Waals surface area contributed by atoms with E-state index < -0.39 is 0 Å². The highest BCUT2D eigenvalue weighted by Crippen LogP contribution is 2.38. The molecule has 1 aromatic heterocycles. The van der Waals surface area contributed by atoms with Crippen molar-refractivity contribution in [3.05, 3.63) is 54.6 Å². The summed E-state index contributed by atoms with van der Waals surface area (Å²) < 4.78 is 1.87. The third kappa shape index (κ3) is 2.96. The third-order valence-electron chi connectivity index (χ3n) is 3.95. The highest BCUT2D eigenvalue weighted by molar-refractivity contribution is 9.12. The highest BCUT2D eigenvalue weighted by atomic mass is 79.9. The molecule has 3 rings (SSSR count). The molecule has 110 valence electrons. The molecule has 0 spiro atoms. The molecule has 1 amide bonds. The van der Waals surface area contributed by atoms with Crippen molar-refractivity contribution in [1.29, 1.82) is 0 Å². The second kappa shape index (κ2) is 6.23. The number of halogens is 2. The lowest BCUT2D eigenvalue weighted by Gasteiger charge is -2.26. The summed E-state index contributed by atoms with van der Waals surface area (Å²) in [5.41, 5.74) is 3.29. The number of hydrogen-bond donors (Lipinski definition) is 0. The van der Waals surface area contributed by atoms with E-state index in [-0.39, 0.29) is 11.9 Å². The van der Waals surface area contributed by atoms with Crippen LogP contribution in [0.25, 0.3) is 0 Å². The number of aryl methyl sites for hydroxylation is 1. The minimum atomic E-state index is 0.120. The molecule has 1 aromatic carbocycles. The second-order valence-electron chi connectivity index (χ2n) is 5.25. The van der Waals surface area contributed by atoms with E-state index >= 15 is 0 Å². The summed E-state index contributed by atoms with van der Waals surface area (Å²) in [7, 11) is 0. The number of carbonyl (C=O) groups is 1. The van der Waals surface area contributed by atoms with Crippen molar-refractivity contribution in [2.75, 3.05) is 6.54 Å². The molecular weight excluding hydrogens is 414 g/mol. The van der Waals surface area contributed by atoms with E-state index in [1.807, 2.05) is 17.0 Å². The average molecular weight is 429 g/mol. The van der Waals surface area contributed by atoms with Gasteiger partial charge >= 0.3 is 0 Å². The van der Waals surface area contributed by atoms with Crippen LogP contribution in [0.2, 0.25) is 0 Å². The summed E-state index contributed by atoms with van der Waals surface area (Å²) in [5.74, 6) is 0.120. The van der Waals surface area contributed by atoms with E-state index in [1.165, 1.54) is 11.1 Å². The standard InChI is InChI=1S/C16H15Br2NOS/c1-10-5-2-3-6-11(10)13-7-4-8-19(13)16(20)12-9-14(17)21-15(12)18/h2-3,5-6,9,13H,4,7-8H2,1H3. The molecule has 5 heteroatoms. The number of likely N-dealkylation sites (tertiary alicyclic amines) is 1. The van der Waals surface area contributed by atoms with Gasteiger partial charge in [0.05, 0.1) is 19.2 Å². The van der Waals surface area contributed by atoms with Gasteiger partial charge in [-0.25, -0.2) is 0 Å². The van der Waals surface area contributed by atoms with Crippen molar-refractivity contribution in [2.45, 2.75) is 25.8 Å². The van der Waals surface area contributed by atoms with Gasteiger partial charge in [-0.2, -0.15) is 0 Å². The molecule has 1 unspecified atom stereocenters. The Morgan fingerprint density at radius 1 is 1.33 bits per heavy atom. The van der Waals surface area contributed by atoms with Crippen molar-refractivity contribution >= 4 is 49.1 Å². The van der Waals surface area contributed by atoms with Gasteiger partial charge in [0.25, 0.3) is 5.91 Å². The van der Waals surface area contributed by atoms with E-state index in [0.29, 0.717) is 0 Å². The molecule has 2 aromatic rings. The lowest BCUT2D eigenvalue weighted by molar-refractivity contribution is 0.0735. The van der Waals surface area contributed by atoms with Crippen molar-refractivity contribution < 1.29 is 4.79 Å². The van der Waals surface area contributed by atoms with Crippen LogP contribution in [0.1, 0.15) is 40.4 Å². The zero-order chi connectivity index (χ0) is 15.0. The Kier molecular flexibility index (Phi) is 4.52. The summed E-state index contributed by atoms with van der Waals surface area (Å²) in [6.45, 7) is 2.95. The maximum atomic E-state index is 12.9. The minimum absolute atomic E-state index is 0.120. The maximum Gasteiger partial charge on any atom is 0.256 e. The van der Waals surface area contributed by atoms with Crippen molar-refractivity contribution in [1.82, 2.24) is 4.90 Å². The fourth-order valence-corrected chi connectivity index (χ4v) is 5.71. The van der Waals surface area contributed by atoms with E-state index in [9.17, 15) is 4.79 Å². The quantitative estimate of drug-likeness (QED) is 0.613. The van der Waals surface area contributed by atoms with E-state index in [0.717, 1.165) is 32.5 Å². The molecule has 1 atom stereocenters. The molecule has 1 aliphatic heterocycles. The average Bonchev–Trinajstić information content (AvgIpc) is 3.05. The zero-order valence-corrected chi connectivity index (χ0v) is 15.6. The Bertz CT molecular complexity index is 683. The van der Waals surface area contributed by atoms with Crippen LogP contribution in [0.5, 0.6) is 0 Å². The molecule has 0 aliphatic carbocycles. The van der Waals surface area contributed by atoms with Crippen molar-refractivity contribution in [2.24, 2.45) is 0 Å². The third-order valence-corrected chi connectivity index (χ3v) is 6.29. The van der Waals surface area contributed by atoms with Gasteiger partial charge in [0.1, 0.15) is 0 Å². The van der Waals surface area contributed by atoms with Crippen LogP contribution in [0, 0.1) is 6.92 Å². The molecule has 0 N–H and O–H groups in total. The predicted octanol–water partition coefficient (Wildman–Crippen LogP) is 5.56. The molecule has 2 heterocycles. The Labute approximate surface area is 145 Å². The number of thiophene rings is 1. The summed E-state index contributed by atoms with van der Waals surface area (Å²) in [4.78, 5) is 14.9. The topological polar surface area (TPSA) is 20.3 Å². The lowest BCUT2D eigenvalue weighted by atomic mass is 9.99. The second-order valence-corrected chi connectivity index (χ2v) is 9.00. The molecule has 0 radical (unpaired) electrons. The number of carbonyl (C=O) groups excluding carboxylic acids is 1. The number of rotatable bonds is 2. The largest absolute Gasteiger partial charge is 0.332 e. The van der Waals surface area contributed by atoms with Gasteiger partial charge in [0.15, 0.2) is 0 Å². The van der Waals surface area contributed by atoms with Crippen LogP contribution in [0.4, 0.5) is 0 Å². The van der Waals surface area contributed by atoms with Gasteiger partial charge in [-0.1, -0.05) is 24.3 Å². The number of nitrogens with zero attached hydrogens (tertiary/aromatic N) is 1. The summed E-state index contributed by atoms with van der Waals surface area (Å²) in [6.07, 6.45) is 2.10. The maximum absolute atomic E-state index is 12.9. The smallest absolute Gasteiger partial charge is 0.256 e. The van der Waals surface area contributed by atoms with Gasteiger partial charge in [-0.3, -0.25) is 4.79 Å². The van der Waals surface area contributed by atoms with Crippen LogP contribution >= 0.6 is 43.2 Å². The van der Waals surface area contributed by atoms with Gasteiger partial charge in [-0.15, -0.1) is 11.3 Å². The van der Waals surface area contributed by atoms with Gasteiger partial charge in [0.2, 0.25) is 0 Å². The van der Waals surface area contributed by atoms with Crippen LogP contribution < -0.4 is 0 Å². The van der Waals surface area contributed by atoms with Gasteiger partial charge in [0, 0.05) is 6.54 Å². The van der Waals surface area contributed by atoms with Crippen molar-refractivity contribution in [3.63, 3.8) is 0 Å². The normalized spacial score (nSPS) is 18.2. The number of hydrogen-bond acceptors (Lipinski definition) is 2. The van der Waals surface area contributed by atoms with Gasteiger partial charge in [-0.05, 0) is 68.8 Å². The van der Waals surface area contributed by atoms with Crippen LogP contribution in [0.3, 0.4) is 0 Å². The Morgan fingerprint density at radius 2 is 2.10 bits per heavy atom. The fourth-order valence-electron chi connectivity index (χ4n) is 2.93. The summed E-state index contributed by atoms with van der Waals surface area (Å²) >= 11 is 8.49. The first kappa shape index (κ1) is 15.3. The Hall–Kier alpha value is -0.650. The van der Waals surface area contributed by atoms with Crippen LogP contribution in [-0.2, 0) is 0 Å². The monoisotopic (exact) mass is 427 g/mol. The zero-order valence-electron chi connectivity index (χ0n) is 11.6.